The molecule has 0 bridgehead atoms. The Kier molecular flexibility index (Phi) is 12.7. The highest BCUT2D eigenvalue weighted by molar-refractivity contribution is 6.12. The molecule has 13 aromatic carbocycles. The molecule has 6 heteroatoms. The van der Waals surface area contributed by atoms with E-state index in [-0.39, 0.29) is 0 Å². The lowest BCUT2D eigenvalue weighted by Crippen LogP contribution is -2.13. The van der Waals surface area contributed by atoms with Crippen LogP contribution in [0, 0.1) is 0 Å². The fourth-order valence-electron chi connectivity index (χ4n) is 13.7. The largest absolute Gasteiger partial charge is 0.310 e. The van der Waals surface area contributed by atoms with Crippen LogP contribution in [0.2, 0.25) is 0 Å². The highest BCUT2D eigenvalue weighted by Crippen LogP contribution is 2.44. The SMILES string of the molecule is C=Cc1ccc2c(c1)c1ccccc1n2-c1ccc(N(c2ccc(-n3c4ccccc4c4ccccc43)cc2)c2cccc(N(c3ccc(-n4c5ccccc5c5ccccc54)cc3)c3ccc(-n4c5ccccc5c5ccccc54)cc3)c2)cc1.CC. The van der Waals surface area contributed by atoms with Gasteiger partial charge in [0.25, 0.3) is 0 Å². The molecule has 0 atom stereocenters. The van der Waals surface area contributed by atoms with Crippen LogP contribution in [0.3, 0.4) is 0 Å². The average molecular weight is 1130 g/mol. The number of fused-ring (bicyclic) bond motifs is 12. The smallest absolute Gasteiger partial charge is 0.0541 e. The van der Waals surface area contributed by atoms with Gasteiger partial charge in [-0.3, -0.25) is 0 Å². The predicted octanol–water partition coefficient (Wildman–Crippen LogP) is 22.7. The molecular formula is C82H60N6. The van der Waals surface area contributed by atoms with Crippen LogP contribution in [-0.4, -0.2) is 18.3 Å². The molecule has 0 N–H and O–H groups in total. The first-order valence-corrected chi connectivity index (χ1v) is 30.4. The lowest BCUT2D eigenvalue weighted by Gasteiger charge is -2.30. The van der Waals surface area contributed by atoms with Crippen LogP contribution in [0.25, 0.3) is 116 Å². The highest BCUT2D eigenvalue weighted by atomic mass is 15.2. The van der Waals surface area contributed by atoms with E-state index in [4.69, 9.17) is 0 Å². The van der Waals surface area contributed by atoms with Crippen molar-refractivity contribution in [2.45, 2.75) is 13.8 Å². The Morgan fingerprint density at radius 1 is 0.227 bits per heavy atom. The molecule has 17 aromatic rings. The summed E-state index contributed by atoms with van der Waals surface area (Å²) in [6, 6.07) is 113. The monoisotopic (exact) mass is 1130 g/mol. The second kappa shape index (κ2) is 21.5. The van der Waals surface area contributed by atoms with Crippen LogP contribution in [-0.2, 0) is 0 Å². The number of hydrogen-bond donors (Lipinski definition) is 0. The number of hydrogen-bond acceptors (Lipinski definition) is 2. The molecule has 418 valence electrons. The molecule has 0 fully saturated rings. The summed E-state index contributed by atoms with van der Waals surface area (Å²) >= 11 is 0. The van der Waals surface area contributed by atoms with E-state index in [1.54, 1.807) is 0 Å². The van der Waals surface area contributed by atoms with Crippen molar-refractivity contribution in [1.82, 2.24) is 18.3 Å². The molecule has 0 radical (unpaired) electrons. The molecule has 17 rings (SSSR count). The Labute approximate surface area is 510 Å². The summed E-state index contributed by atoms with van der Waals surface area (Å²) in [4.78, 5) is 4.78. The normalized spacial score (nSPS) is 11.6. The second-order valence-electron chi connectivity index (χ2n) is 22.2. The van der Waals surface area contributed by atoms with Gasteiger partial charge in [-0.15, -0.1) is 0 Å². The topological polar surface area (TPSA) is 26.2 Å². The van der Waals surface area contributed by atoms with Gasteiger partial charge in [-0.25, -0.2) is 0 Å². The molecule has 0 unspecified atom stereocenters. The third-order valence-corrected chi connectivity index (χ3v) is 17.5. The zero-order chi connectivity index (χ0) is 58.8. The maximum atomic E-state index is 4.09. The molecule has 4 heterocycles. The van der Waals surface area contributed by atoms with E-state index in [2.05, 4.69) is 344 Å². The number of nitrogens with zero attached hydrogens (tertiary/aromatic N) is 6. The van der Waals surface area contributed by atoms with Gasteiger partial charge in [0, 0.05) is 100.0 Å². The quantitative estimate of drug-likeness (QED) is 0.129. The van der Waals surface area contributed by atoms with E-state index < -0.39 is 0 Å². The van der Waals surface area contributed by atoms with Crippen molar-refractivity contribution in [1.29, 1.82) is 0 Å². The van der Waals surface area contributed by atoms with Crippen LogP contribution in [0.1, 0.15) is 19.4 Å². The molecule has 0 saturated heterocycles. The third-order valence-electron chi connectivity index (χ3n) is 17.5. The summed E-state index contributed by atoms with van der Waals surface area (Å²) in [6.07, 6.45) is 1.92. The number of benzene rings is 13. The van der Waals surface area contributed by atoms with Crippen molar-refractivity contribution < 1.29 is 0 Å². The first-order chi connectivity index (χ1) is 43.6. The van der Waals surface area contributed by atoms with Crippen LogP contribution < -0.4 is 9.80 Å². The van der Waals surface area contributed by atoms with E-state index in [0.29, 0.717) is 0 Å². The molecular weight excluding hydrogens is 1070 g/mol. The molecule has 0 saturated carbocycles. The van der Waals surface area contributed by atoms with Crippen LogP contribution in [0.15, 0.2) is 316 Å². The van der Waals surface area contributed by atoms with Gasteiger partial charge in [0.1, 0.15) is 0 Å². The van der Waals surface area contributed by atoms with Crippen molar-refractivity contribution in [3.05, 3.63) is 322 Å². The lowest BCUT2D eigenvalue weighted by molar-refractivity contribution is 1.16. The van der Waals surface area contributed by atoms with E-state index in [1.165, 1.54) is 76.2 Å². The molecule has 0 aliphatic rings. The second-order valence-corrected chi connectivity index (χ2v) is 22.2. The van der Waals surface area contributed by atoms with Gasteiger partial charge >= 0.3 is 0 Å². The molecule has 0 spiro atoms. The summed E-state index contributed by atoms with van der Waals surface area (Å²) < 4.78 is 9.53. The molecule has 0 aliphatic carbocycles. The highest BCUT2D eigenvalue weighted by Gasteiger charge is 2.22. The maximum Gasteiger partial charge on any atom is 0.0541 e. The van der Waals surface area contributed by atoms with E-state index in [1.807, 2.05) is 19.9 Å². The molecule has 4 aromatic heterocycles. The maximum absolute atomic E-state index is 4.09. The van der Waals surface area contributed by atoms with E-state index >= 15 is 0 Å². The van der Waals surface area contributed by atoms with Gasteiger partial charge in [-0.05, 0) is 175 Å². The zero-order valence-electron chi connectivity index (χ0n) is 48.9. The Balaban J connectivity index is 0.00000309. The first kappa shape index (κ1) is 52.0. The number of para-hydroxylation sites is 7. The van der Waals surface area contributed by atoms with Gasteiger partial charge < -0.3 is 28.1 Å². The Bertz CT molecular complexity index is 5170. The van der Waals surface area contributed by atoms with Crippen LogP contribution >= 0.6 is 0 Å². The van der Waals surface area contributed by atoms with Crippen LogP contribution in [0.4, 0.5) is 34.1 Å². The lowest BCUT2D eigenvalue weighted by atomic mass is 10.1. The summed E-state index contributed by atoms with van der Waals surface area (Å²) in [5.41, 5.74) is 21.0. The Hall–Kier alpha value is -11.6. The fraction of sp³-hybridized carbons (Fsp3) is 0.0244. The Morgan fingerprint density at radius 2 is 0.466 bits per heavy atom. The van der Waals surface area contributed by atoms with Gasteiger partial charge in [0.2, 0.25) is 0 Å². The van der Waals surface area contributed by atoms with Crippen molar-refractivity contribution in [2.24, 2.45) is 0 Å². The van der Waals surface area contributed by atoms with Gasteiger partial charge in [0.05, 0.1) is 44.1 Å². The number of rotatable bonds is 11. The molecule has 6 nitrogen and oxygen atoms in total. The third kappa shape index (κ3) is 8.40. The van der Waals surface area contributed by atoms with E-state index in [9.17, 15) is 0 Å². The summed E-state index contributed by atoms with van der Waals surface area (Å²) in [5, 5.41) is 9.85. The van der Waals surface area contributed by atoms with Gasteiger partial charge in [-0.2, -0.15) is 0 Å². The fourth-order valence-corrected chi connectivity index (χ4v) is 13.7. The first-order valence-electron chi connectivity index (χ1n) is 30.4. The van der Waals surface area contributed by atoms with E-state index in [0.717, 1.165) is 73.5 Å². The molecule has 0 aliphatic heterocycles. The zero-order valence-corrected chi connectivity index (χ0v) is 48.9. The van der Waals surface area contributed by atoms with Crippen molar-refractivity contribution >= 4 is 127 Å². The average Bonchev–Trinajstić information content (AvgIpc) is 2.82. The minimum Gasteiger partial charge on any atom is -0.310 e. The molecule has 0 amide bonds. The summed E-state index contributed by atoms with van der Waals surface area (Å²) in [7, 11) is 0. The Morgan fingerprint density at radius 3 is 0.727 bits per heavy atom. The minimum absolute atomic E-state index is 1.02. The minimum atomic E-state index is 1.02. The number of aromatic nitrogens is 4. The standard InChI is InChI=1S/C80H54N6.C2H6/c1-2-54-34-51-80-72(52-54)71-26-9-16-33-79(71)86(80)62-49-41-58(42-50-62)82(57-39-47-61(48-40-57)85-77-31-14-7-24-69(77)70-25-8-15-32-78(70)85)64-19-17-18-63(53-64)81(55-35-43-59(44-36-55)83-73-27-10-3-20-65(73)66-21-4-11-28-74(66)83)56-37-45-60(46-38-56)84-75-29-12-5-22-67(75)68-23-6-13-30-76(68)84;1-2/h2-53H,1H2;1-2H3. The van der Waals surface area contributed by atoms with Crippen molar-refractivity contribution in [3.63, 3.8) is 0 Å². The van der Waals surface area contributed by atoms with Gasteiger partial charge in [-0.1, -0.05) is 166 Å². The van der Waals surface area contributed by atoms with Crippen molar-refractivity contribution in [3.8, 4) is 22.7 Å². The van der Waals surface area contributed by atoms with Crippen molar-refractivity contribution in [2.75, 3.05) is 9.80 Å². The van der Waals surface area contributed by atoms with Gasteiger partial charge in [0.15, 0.2) is 0 Å². The van der Waals surface area contributed by atoms with Crippen LogP contribution in [0.5, 0.6) is 0 Å². The predicted molar refractivity (Wildman–Crippen MR) is 375 cm³/mol. The summed E-state index contributed by atoms with van der Waals surface area (Å²) in [5.74, 6) is 0. The number of anilines is 6. The summed E-state index contributed by atoms with van der Waals surface area (Å²) in [6.45, 7) is 8.09. The molecule has 88 heavy (non-hydrogen) atoms.